The van der Waals surface area contributed by atoms with Gasteiger partial charge in [0, 0.05) is 22.2 Å². The van der Waals surface area contributed by atoms with Crippen molar-refractivity contribution in [1.29, 1.82) is 0 Å². The van der Waals surface area contributed by atoms with Crippen LogP contribution in [0.15, 0.2) is 36.1 Å². The monoisotopic (exact) mass is 400 g/mol. The van der Waals surface area contributed by atoms with Gasteiger partial charge in [-0.05, 0) is 30.3 Å². The number of carbonyl (C=O) groups excluding carboxylic acids is 2. The van der Waals surface area contributed by atoms with Gasteiger partial charge in [0.05, 0.1) is 18.1 Å². The highest BCUT2D eigenvalue weighted by Gasteiger charge is 2.29. The summed E-state index contributed by atoms with van der Waals surface area (Å²) in [5.41, 5.74) is 1.83. The molecule has 0 radical (unpaired) electrons. The molecule has 7 heteroatoms. The molecule has 2 aromatic carbocycles. The molecule has 28 heavy (non-hydrogen) atoms. The van der Waals surface area contributed by atoms with E-state index in [0.29, 0.717) is 40.0 Å². The van der Waals surface area contributed by atoms with Crippen LogP contribution in [0.5, 0.6) is 17.2 Å². The highest BCUT2D eigenvalue weighted by Crippen LogP contribution is 2.38. The van der Waals surface area contributed by atoms with Crippen molar-refractivity contribution in [3.63, 3.8) is 0 Å². The highest BCUT2D eigenvalue weighted by atomic mass is 35.5. The van der Waals surface area contributed by atoms with Gasteiger partial charge in [-0.15, -0.1) is 0 Å². The van der Waals surface area contributed by atoms with Crippen molar-refractivity contribution in [2.75, 3.05) is 6.79 Å². The van der Waals surface area contributed by atoms with Gasteiger partial charge in [-0.25, -0.2) is 0 Å². The van der Waals surface area contributed by atoms with Crippen LogP contribution in [0.25, 0.3) is 6.08 Å². The predicted octanol–water partition coefficient (Wildman–Crippen LogP) is 4.38. The highest BCUT2D eigenvalue weighted by molar-refractivity contribution is 6.31. The van der Waals surface area contributed by atoms with Gasteiger partial charge in [0.2, 0.25) is 5.78 Å². The lowest BCUT2D eigenvalue weighted by molar-refractivity contribution is -0.137. The number of allylic oxidation sites excluding steroid dienone is 1. The molecule has 0 N–H and O–H groups in total. The molecular weight excluding hydrogens is 384 g/mol. The Morgan fingerprint density at radius 3 is 2.86 bits per heavy atom. The fourth-order valence-corrected chi connectivity index (χ4v) is 3.17. The SMILES string of the molecule is CC(C)C(=O)Oc1ccc2c(c1)OC(=Cc1cc(Cl)cc3c1OCOC3)C2=O. The molecule has 2 aromatic rings. The number of ether oxygens (including phenoxy) is 4. The molecule has 0 aromatic heterocycles. The molecule has 2 aliphatic rings. The number of esters is 1. The molecule has 144 valence electrons. The summed E-state index contributed by atoms with van der Waals surface area (Å²) in [6, 6.07) is 8.16. The zero-order valence-corrected chi connectivity index (χ0v) is 16.0. The molecule has 0 saturated heterocycles. The van der Waals surface area contributed by atoms with E-state index in [2.05, 4.69) is 0 Å². The van der Waals surface area contributed by atoms with Crippen LogP contribution in [0.4, 0.5) is 0 Å². The Morgan fingerprint density at radius 2 is 2.07 bits per heavy atom. The van der Waals surface area contributed by atoms with E-state index in [0.717, 1.165) is 5.56 Å². The topological polar surface area (TPSA) is 71.1 Å². The smallest absolute Gasteiger partial charge is 0.313 e. The summed E-state index contributed by atoms with van der Waals surface area (Å²) in [6.07, 6.45) is 1.60. The first-order valence-electron chi connectivity index (χ1n) is 8.75. The maximum absolute atomic E-state index is 12.7. The molecule has 0 fully saturated rings. The number of benzene rings is 2. The van der Waals surface area contributed by atoms with E-state index in [1.807, 2.05) is 0 Å². The van der Waals surface area contributed by atoms with E-state index in [1.54, 1.807) is 44.2 Å². The van der Waals surface area contributed by atoms with E-state index >= 15 is 0 Å². The van der Waals surface area contributed by atoms with Crippen molar-refractivity contribution in [2.45, 2.75) is 20.5 Å². The Bertz CT molecular complexity index is 1010. The number of ketones is 1. The van der Waals surface area contributed by atoms with Gasteiger partial charge in [0.1, 0.15) is 17.2 Å². The first-order valence-corrected chi connectivity index (χ1v) is 9.13. The van der Waals surface area contributed by atoms with Crippen LogP contribution in [0, 0.1) is 5.92 Å². The second-order valence-corrected chi connectivity index (χ2v) is 7.20. The van der Waals surface area contributed by atoms with E-state index in [4.69, 9.17) is 30.5 Å². The molecule has 0 atom stereocenters. The van der Waals surface area contributed by atoms with Gasteiger partial charge in [-0.1, -0.05) is 25.4 Å². The Morgan fingerprint density at radius 1 is 1.25 bits per heavy atom. The lowest BCUT2D eigenvalue weighted by atomic mass is 10.1. The van der Waals surface area contributed by atoms with E-state index in [1.165, 1.54) is 6.07 Å². The minimum atomic E-state index is -0.357. The van der Waals surface area contributed by atoms with Crippen LogP contribution in [-0.4, -0.2) is 18.5 Å². The van der Waals surface area contributed by atoms with Gasteiger partial charge in [-0.2, -0.15) is 0 Å². The first kappa shape index (κ1) is 18.5. The van der Waals surface area contributed by atoms with Crippen LogP contribution in [0.1, 0.15) is 35.3 Å². The Balaban J connectivity index is 1.65. The molecule has 0 bridgehead atoms. The third-order valence-corrected chi connectivity index (χ3v) is 4.54. The van der Waals surface area contributed by atoms with Crippen molar-refractivity contribution in [1.82, 2.24) is 0 Å². The minimum Gasteiger partial charge on any atom is -0.467 e. The van der Waals surface area contributed by atoms with Crippen molar-refractivity contribution >= 4 is 29.4 Å². The van der Waals surface area contributed by atoms with Crippen molar-refractivity contribution in [3.8, 4) is 17.2 Å². The largest absolute Gasteiger partial charge is 0.467 e. The molecule has 2 heterocycles. The quantitative estimate of drug-likeness (QED) is 0.432. The Kier molecular flexibility index (Phi) is 4.83. The molecule has 6 nitrogen and oxygen atoms in total. The fraction of sp³-hybridized carbons (Fsp3) is 0.238. The number of halogens is 1. The number of carbonyl (C=O) groups is 2. The number of Topliss-reactive ketones (excluding diaryl/α,β-unsaturated/α-hetero) is 1. The maximum atomic E-state index is 12.7. The third kappa shape index (κ3) is 3.48. The lowest BCUT2D eigenvalue weighted by Gasteiger charge is -2.20. The standard InChI is InChI=1S/C21H17ClO6/c1-11(2)21(24)27-15-3-4-16-17(8-15)28-18(19(16)23)7-12-5-14(22)6-13-9-25-10-26-20(12)13/h3-8,11H,9-10H2,1-2H3. The zero-order valence-electron chi connectivity index (χ0n) is 15.3. The molecular formula is C21H17ClO6. The summed E-state index contributed by atoms with van der Waals surface area (Å²) in [4.78, 5) is 24.5. The number of fused-ring (bicyclic) bond motifs is 2. The number of hydrogen-bond acceptors (Lipinski definition) is 6. The summed E-state index contributed by atoms with van der Waals surface area (Å²) in [5, 5.41) is 0.505. The van der Waals surface area contributed by atoms with Crippen LogP contribution in [-0.2, 0) is 16.1 Å². The number of hydrogen-bond donors (Lipinski definition) is 0. The molecule has 0 spiro atoms. The summed E-state index contributed by atoms with van der Waals surface area (Å²) in [6.45, 7) is 4.00. The second-order valence-electron chi connectivity index (χ2n) is 6.77. The van der Waals surface area contributed by atoms with Gasteiger partial charge in [0.25, 0.3) is 0 Å². The van der Waals surface area contributed by atoms with Gasteiger partial charge in [-0.3, -0.25) is 9.59 Å². The van der Waals surface area contributed by atoms with Crippen LogP contribution < -0.4 is 14.2 Å². The average molecular weight is 401 g/mol. The fourth-order valence-electron chi connectivity index (χ4n) is 2.92. The van der Waals surface area contributed by atoms with Crippen molar-refractivity contribution < 1.29 is 28.5 Å². The molecule has 0 amide bonds. The lowest BCUT2D eigenvalue weighted by Crippen LogP contribution is -2.14. The van der Waals surface area contributed by atoms with E-state index < -0.39 is 0 Å². The number of rotatable bonds is 3. The average Bonchev–Trinajstić information content (AvgIpc) is 2.96. The maximum Gasteiger partial charge on any atom is 0.313 e. The van der Waals surface area contributed by atoms with Crippen LogP contribution in [0.3, 0.4) is 0 Å². The van der Waals surface area contributed by atoms with Gasteiger partial charge < -0.3 is 18.9 Å². The summed E-state index contributed by atoms with van der Waals surface area (Å²) in [5.74, 6) is 0.535. The van der Waals surface area contributed by atoms with Crippen molar-refractivity contribution in [3.05, 3.63) is 57.8 Å². The summed E-state index contributed by atoms with van der Waals surface area (Å²) in [7, 11) is 0. The van der Waals surface area contributed by atoms with Crippen LogP contribution in [0.2, 0.25) is 5.02 Å². The van der Waals surface area contributed by atoms with Gasteiger partial charge >= 0.3 is 5.97 Å². The van der Waals surface area contributed by atoms with Crippen LogP contribution >= 0.6 is 11.6 Å². The predicted molar refractivity (Wildman–Crippen MR) is 102 cm³/mol. The van der Waals surface area contributed by atoms with Gasteiger partial charge in [0.15, 0.2) is 12.6 Å². The summed E-state index contributed by atoms with van der Waals surface area (Å²) < 4.78 is 21.8. The molecule has 0 saturated carbocycles. The Labute approximate surface area is 166 Å². The van der Waals surface area contributed by atoms with E-state index in [-0.39, 0.29) is 30.2 Å². The first-order chi connectivity index (χ1) is 13.4. The van der Waals surface area contributed by atoms with Crippen molar-refractivity contribution in [2.24, 2.45) is 5.92 Å². The molecule has 4 rings (SSSR count). The molecule has 0 aliphatic carbocycles. The Hall–Kier alpha value is -2.83. The summed E-state index contributed by atoms with van der Waals surface area (Å²) >= 11 is 6.17. The minimum absolute atomic E-state index is 0.129. The molecule has 2 aliphatic heterocycles. The normalized spacial score (nSPS) is 16.4. The third-order valence-electron chi connectivity index (χ3n) is 4.32. The zero-order chi connectivity index (χ0) is 19.8. The second kappa shape index (κ2) is 7.30. The molecule has 0 unspecified atom stereocenters. The van der Waals surface area contributed by atoms with E-state index in [9.17, 15) is 9.59 Å².